The normalized spacial score (nSPS) is 15.1. The first kappa shape index (κ1) is 13.4. The molecule has 0 aromatic carbocycles. The van der Waals surface area contributed by atoms with Crippen LogP contribution < -0.4 is 0 Å². The summed E-state index contributed by atoms with van der Waals surface area (Å²) in [5.74, 6) is 1.75. The van der Waals surface area contributed by atoms with Crippen LogP contribution in [0.1, 0.15) is 40.5 Å². The van der Waals surface area contributed by atoms with Crippen molar-refractivity contribution in [3.63, 3.8) is 0 Å². The smallest absolute Gasteiger partial charge is 0.0621 e. The van der Waals surface area contributed by atoms with Crippen LogP contribution in [0, 0.1) is 29.1 Å². The maximum atomic E-state index is 8.46. The lowest BCUT2D eigenvalue weighted by atomic mass is 9.92. The van der Waals surface area contributed by atoms with Gasteiger partial charge < -0.3 is 4.74 Å². The van der Waals surface area contributed by atoms with Crippen molar-refractivity contribution in [1.82, 2.24) is 0 Å². The van der Waals surface area contributed by atoms with Crippen molar-refractivity contribution in [2.75, 3.05) is 13.2 Å². The Morgan fingerprint density at radius 1 is 1.07 bits per heavy atom. The second kappa shape index (κ2) is 7.82. The molecule has 0 aliphatic carbocycles. The maximum Gasteiger partial charge on any atom is 0.0621 e. The van der Waals surface area contributed by atoms with Crippen molar-refractivity contribution >= 4 is 0 Å². The van der Waals surface area contributed by atoms with Crippen LogP contribution in [0.25, 0.3) is 0 Å². The molecule has 0 saturated carbocycles. The van der Waals surface area contributed by atoms with Gasteiger partial charge in [-0.25, -0.2) is 0 Å². The molecule has 0 fully saturated rings. The quantitative estimate of drug-likeness (QED) is 0.627. The van der Waals surface area contributed by atoms with Gasteiger partial charge in [0.15, 0.2) is 0 Å². The number of ether oxygens (including phenoxy) is 1. The lowest BCUT2D eigenvalue weighted by molar-refractivity contribution is 0.0678. The molecule has 2 nitrogen and oxygen atoms in total. The minimum absolute atomic E-state index is 0.557. The molecule has 82 valence electrons. The van der Waals surface area contributed by atoms with E-state index in [1.807, 2.05) is 0 Å². The first-order valence-corrected chi connectivity index (χ1v) is 5.52. The molecule has 0 aliphatic rings. The summed E-state index contributed by atoms with van der Waals surface area (Å²) >= 11 is 0. The van der Waals surface area contributed by atoms with Crippen LogP contribution in [0.2, 0.25) is 0 Å². The Bertz CT molecular complexity index is 172. The summed E-state index contributed by atoms with van der Waals surface area (Å²) in [5, 5.41) is 8.46. The molecule has 0 saturated heterocycles. The molecule has 0 amide bonds. The van der Waals surface area contributed by atoms with Crippen LogP contribution >= 0.6 is 0 Å². The Labute approximate surface area is 88.3 Å². The van der Waals surface area contributed by atoms with Crippen LogP contribution in [0.15, 0.2) is 0 Å². The molecule has 2 unspecified atom stereocenters. The Hall–Kier alpha value is -0.550. The van der Waals surface area contributed by atoms with E-state index in [4.69, 9.17) is 10.00 Å². The van der Waals surface area contributed by atoms with E-state index in [-0.39, 0.29) is 0 Å². The van der Waals surface area contributed by atoms with Gasteiger partial charge in [0.2, 0.25) is 0 Å². The Morgan fingerprint density at radius 2 is 1.71 bits per heavy atom. The van der Waals surface area contributed by atoms with E-state index in [1.54, 1.807) is 0 Å². The second-order valence-corrected chi connectivity index (χ2v) is 4.58. The molecule has 0 aliphatic heterocycles. The summed E-state index contributed by atoms with van der Waals surface area (Å²) in [7, 11) is 0. The van der Waals surface area contributed by atoms with E-state index < -0.39 is 0 Å². The third kappa shape index (κ3) is 6.91. The zero-order valence-corrected chi connectivity index (χ0v) is 9.92. The molecule has 0 radical (unpaired) electrons. The fraction of sp³-hybridized carbons (Fsp3) is 0.917. The Morgan fingerprint density at radius 3 is 2.21 bits per heavy atom. The van der Waals surface area contributed by atoms with Gasteiger partial charge >= 0.3 is 0 Å². The molecule has 0 aromatic heterocycles. The summed E-state index contributed by atoms with van der Waals surface area (Å²) in [5.41, 5.74) is 0. The van der Waals surface area contributed by atoms with Crippen LogP contribution in [0.5, 0.6) is 0 Å². The fourth-order valence-corrected chi connectivity index (χ4v) is 1.23. The SMILES string of the molecule is CC(C)COCC(C)C(C)CCC#N. The molecule has 2 heteroatoms. The zero-order chi connectivity index (χ0) is 11.0. The number of hydrogen-bond acceptors (Lipinski definition) is 2. The van der Waals surface area contributed by atoms with E-state index in [1.165, 1.54) is 0 Å². The second-order valence-electron chi connectivity index (χ2n) is 4.58. The van der Waals surface area contributed by atoms with Gasteiger partial charge in [-0.05, 0) is 24.2 Å². The van der Waals surface area contributed by atoms with E-state index >= 15 is 0 Å². The molecule has 0 rings (SSSR count). The highest BCUT2D eigenvalue weighted by Crippen LogP contribution is 2.17. The highest BCUT2D eigenvalue weighted by atomic mass is 16.5. The van der Waals surface area contributed by atoms with Crippen molar-refractivity contribution < 1.29 is 4.74 Å². The number of nitriles is 1. The minimum atomic E-state index is 0.557. The number of nitrogens with zero attached hydrogens (tertiary/aromatic N) is 1. The van der Waals surface area contributed by atoms with E-state index in [2.05, 4.69) is 33.8 Å². The molecule has 14 heavy (non-hydrogen) atoms. The molecule has 0 aromatic rings. The monoisotopic (exact) mass is 197 g/mol. The van der Waals surface area contributed by atoms with E-state index in [0.29, 0.717) is 24.2 Å². The average Bonchev–Trinajstić information content (AvgIpc) is 2.13. The van der Waals surface area contributed by atoms with Gasteiger partial charge in [-0.15, -0.1) is 0 Å². The number of rotatable bonds is 7. The molecule has 2 atom stereocenters. The fourth-order valence-electron chi connectivity index (χ4n) is 1.23. The minimum Gasteiger partial charge on any atom is -0.381 e. The summed E-state index contributed by atoms with van der Waals surface area (Å²) in [4.78, 5) is 0. The summed E-state index contributed by atoms with van der Waals surface area (Å²) in [6, 6.07) is 2.19. The van der Waals surface area contributed by atoms with Gasteiger partial charge in [-0.3, -0.25) is 0 Å². The zero-order valence-electron chi connectivity index (χ0n) is 9.92. The molecule has 0 spiro atoms. The highest BCUT2D eigenvalue weighted by molar-refractivity contribution is 4.72. The maximum absolute atomic E-state index is 8.46. The summed E-state index contributed by atoms with van der Waals surface area (Å²) < 4.78 is 5.58. The van der Waals surface area contributed by atoms with Gasteiger partial charge in [0.05, 0.1) is 6.07 Å². The first-order valence-electron chi connectivity index (χ1n) is 5.52. The van der Waals surface area contributed by atoms with Gasteiger partial charge in [0, 0.05) is 19.6 Å². The van der Waals surface area contributed by atoms with Crippen LogP contribution in [-0.4, -0.2) is 13.2 Å². The van der Waals surface area contributed by atoms with E-state index in [9.17, 15) is 0 Å². The van der Waals surface area contributed by atoms with Crippen LogP contribution in [-0.2, 0) is 4.74 Å². The third-order valence-corrected chi connectivity index (χ3v) is 2.51. The third-order valence-electron chi connectivity index (χ3n) is 2.51. The first-order chi connectivity index (χ1) is 6.57. The Balaban J connectivity index is 3.52. The topological polar surface area (TPSA) is 33.0 Å². The molecule has 0 bridgehead atoms. The van der Waals surface area contributed by atoms with Crippen LogP contribution in [0.4, 0.5) is 0 Å². The van der Waals surface area contributed by atoms with Crippen molar-refractivity contribution in [3.8, 4) is 6.07 Å². The average molecular weight is 197 g/mol. The van der Waals surface area contributed by atoms with Gasteiger partial charge in [0.25, 0.3) is 0 Å². The molecular formula is C12H23NO. The summed E-state index contributed by atoms with van der Waals surface area (Å²) in [6.07, 6.45) is 1.65. The highest BCUT2D eigenvalue weighted by Gasteiger charge is 2.12. The van der Waals surface area contributed by atoms with E-state index in [0.717, 1.165) is 19.6 Å². The molecular weight excluding hydrogens is 174 g/mol. The van der Waals surface area contributed by atoms with Crippen molar-refractivity contribution in [2.45, 2.75) is 40.5 Å². The standard InChI is InChI=1S/C12H23NO/c1-10(2)8-14-9-12(4)11(3)6-5-7-13/h10-12H,5-6,8-9H2,1-4H3. The lowest BCUT2D eigenvalue weighted by Gasteiger charge is -2.19. The van der Waals surface area contributed by atoms with Crippen molar-refractivity contribution in [2.24, 2.45) is 17.8 Å². The van der Waals surface area contributed by atoms with Gasteiger partial charge in [-0.2, -0.15) is 5.26 Å². The molecule has 0 N–H and O–H groups in total. The van der Waals surface area contributed by atoms with Crippen LogP contribution in [0.3, 0.4) is 0 Å². The van der Waals surface area contributed by atoms with Crippen molar-refractivity contribution in [3.05, 3.63) is 0 Å². The predicted molar refractivity (Wildman–Crippen MR) is 58.8 cm³/mol. The van der Waals surface area contributed by atoms with Gasteiger partial charge in [0.1, 0.15) is 0 Å². The molecule has 0 heterocycles. The summed E-state index contributed by atoms with van der Waals surface area (Å²) in [6.45, 7) is 10.4. The largest absolute Gasteiger partial charge is 0.381 e. The number of hydrogen-bond donors (Lipinski definition) is 0. The lowest BCUT2D eigenvalue weighted by Crippen LogP contribution is -2.16. The Kier molecular flexibility index (Phi) is 7.51. The predicted octanol–water partition coefficient (Wildman–Crippen LogP) is 3.23. The van der Waals surface area contributed by atoms with Crippen molar-refractivity contribution in [1.29, 1.82) is 5.26 Å². The van der Waals surface area contributed by atoms with Gasteiger partial charge in [-0.1, -0.05) is 27.7 Å².